The van der Waals surface area contributed by atoms with Gasteiger partial charge in [0, 0.05) is 24.1 Å². The number of fused-ring (bicyclic) bond motifs is 8. The highest BCUT2D eigenvalue weighted by atomic mass is 16.5. The molecule has 0 aliphatic carbocycles. The number of carbonyl (C=O) groups is 3. The third-order valence-corrected chi connectivity index (χ3v) is 7.88. The standard InChI is InChI=1S/C33H39N5O5/c1-33(2,3)29-30(39)37-21-25(20-26(37)31(40)42-4)38-35-27(23-15-9-7-10-16-23)28(36-38)24-17-12-14-22(19-24)13-8-5-6-11-18-43-32(41)34-29/h7-10,12-17,19,25-26,29H,5-6,11,18,20-21H2,1-4H3,(H,34,41)/t25-,26+,29-/m1/s1. The van der Waals surface area contributed by atoms with Gasteiger partial charge in [0.15, 0.2) is 0 Å². The van der Waals surface area contributed by atoms with E-state index in [-0.39, 0.29) is 25.5 Å². The van der Waals surface area contributed by atoms with Crippen LogP contribution in [0.15, 0.2) is 60.7 Å². The van der Waals surface area contributed by atoms with E-state index < -0.39 is 35.6 Å². The maximum Gasteiger partial charge on any atom is 0.407 e. The van der Waals surface area contributed by atoms with Gasteiger partial charge in [-0.15, -0.1) is 0 Å². The summed E-state index contributed by atoms with van der Waals surface area (Å²) in [4.78, 5) is 42.9. The fraction of sp³-hybridized carbons (Fsp3) is 0.424. The molecule has 1 fully saturated rings. The molecular formula is C33H39N5O5. The maximum atomic E-state index is 14.1. The van der Waals surface area contributed by atoms with Crippen LogP contribution in [0.25, 0.3) is 28.6 Å². The lowest BCUT2D eigenvalue weighted by Gasteiger charge is -2.34. The fourth-order valence-corrected chi connectivity index (χ4v) is 5.57. The second-order valence-electron chi connectivity index (χ2n) is 12.1. The van der Waals surface area contributed by atoms with E-state index in [1.165, 1.54) is 12.0 Å². The first-order valence-electron chi connectivity index (χ1n) is 14.8. The summed E-state index contributed by atoms with van der Waals surface area (Å²) in [7, 11) is 1.31. The summed E-state index contributed by atoms with van der Waals surface area (Å²) in [5, 5.41) is 12.7. The number of hydrogen-bond donors (Lipinski definition) is 1. The van der Waals surface area contributed by atoms with E-state index in [4.69, 9.17) is 19.7 Å². The van der Waals surface area contributed by atoms with Crippen LogP contribution in [0.5, 0.6) is 0 Å². The SMILES string of the molecule is COC(=O)[C@@H]1C[C@@H]2CN1C(=O)[C@H](C(C)(C)C)NC(=O)OCCCCC=Cc1cccc(c1)-c1nn2nc1-c1ccccc1. The average Bonchev–Trinajstić information content (AvgIpc) is 3.64. The molecular weight excluding hydrogens is 546 g/mol. The normalized spacial score (nSPS) is 21.6. The van der Waals surface area contributed by atoms with Gasteiger partial charge in [-0.3, -0.25) is 4.79 Å². The van der Waals surface area contributed by atoms with E-state index in [9.17, 15) is 14.4 Å². The Morgan fingerprint density at radius 2 is 1.72 bits per heavy atom. The molecule has 2 amide bonds. The highest BCUT2D eigenvalue weighted by Gasteiger charge is 2.46. The Morgan fingerprint density at radius 3 is 2.44 bits per heavy atom. The minimum atomic E-state index is -0.928. The van der Waals surface area contributed by atoms with Crippen molar-refractivity contribution in [3.63, 3.8) is 0 Å². The van der Waals surface area contributed by atoms with Gasteiger partial charge in [0.1, 0.15) is 23.5 Å². The molecule has 2 aliphatic heterocycles. The molecule has 0 saturated carbocycles. The topological polar surface area (TPSA) is 116 Å². The lowest BCUT2D eigenvalue weighted by atomic mass is 9.85. The van der Waals surface area contributed by atoms with Gasteiger partial charge in [0.05, 0.1) is 19.8 Å². The molecule has 3 aromatic rings. The molecule has 0 unspecified atom stereocenters. The molecule has 3 atom stereocenters. The van der Waals surface area contributed by atoms with Crippen LogP contribution in [-0.4, -0.2) is 70.2 Å². The number of rotatable bonds is 2. The first-order valence-corrected chi connectivity index (χ1v) is 14.8. The minimum absolute atomic E-state index is 0.174. The Kier molecular flexibility index (Phi) is 8.94. The Hall–Kier alpha value is -4.47. The molecule has 2 aliphatic rings. The maximum absolute atomic E-state index is 14.1. The van der Waals surface area contributed by atoms with Crippen molar-refractivity contribution in [2.45, 2.75) is 64.6 Å². The van der Waals surface area contributed by atoms with Gasteiger partial charge in [0.2, 0.25) is 5.91 Å². The van der Waals surface area contributed by atoms with Crippen LogP contribution in [-0.2, 0) is 19.1 Å². The number of hydrogen-bond acceptors (Lipinski definition) is 7. The van der Waals surface area contributed by atoms with Crippen LogP contribution in [0.4, 0.5) is 4.79 Å². The van der Waals surface area contributed by atoms with Crippen LogP contribution in [0.2, 0.25) is 0 Å². The highest BCUT2D eigenvalue weighted by Crippen LogP contribution is 2.35. The molecule has 10 nitrogen and oxygen atoms in total. The number of amides is 2. The van der Waals surface area contributed by atoms with Crippen LogP contribution in [0.1, 0.15) is 58.1 Å². The molecule has 10 heteroatoms. The minimum Gasteiger partial charge on any atom is -0.467 e. The summed E-state index contributed by atoms with van der Waals surface area (Å²) in [6.45, 7) is 6.01. The lowest BCUT2D eigenvalue weighted by molar-refractivity contribution is -0.152. The molecule has 2 aromatic carbocycles. The van der Waals surface area contributed by atoms with Crippen molar-refractivity contribution in [3.05, 3.63) is 66.2 Å². The number of carbonyl (C=O) groups excluding carboxylic acids is 3. The number of aromatic nitrogens is 3. The smallest absolute Gasteiger partial charge is 0.407 e. The van der Waals surface area contributed by atoms with Gasteiger partial charge < -0.3 is 19.7 Å². The first kappa shape index (κ1) is 30.0. The summed E-state index contributed by atoms with van der Waals surface area (Å²) in [5.74, 6) is -0.912. The third kappa shape index (κ3) is 6.79. The Morgan fingerprint density at radius 1 is 1.00 bits per heavy atom. The van der Waals surface area contributed by atoms with E-state index in [2.05, 4.69) is 23.5 Å². The lowest BCUT2D eigenvalue weighted by Crippen LogP contribution is -2.57. The number of benzene rings is 2. The van der Waals surface area contributed by atoms with Crippen molar-refractivity contribution >= 4 is 24.0 Å². The number of allylic oxidation sites excluding steroid dienone is 1. The van der Waals surface area contributed by atoms with Crippen molar-refractivity contribution in [2.75, 3.05) is 20.3 Å². The summed E-state index contributed by atoms with van der Waals surface area (Å²) >= 11 is 0. The Labute approximate surface area is 252 Å². The van der Waals surface area contributed by atoms with E-state index in [1.807, 2.05) is 69.3 Å². The second-order valence-corrected chi connectivity index (χ2v) is 12.1. The molecule has 43 heavy (non-hydrogen) atoms. The van der Waals surface area contributed by atoms with Gasteiger partial charge in [-0.05, 0) is 36.3 Å². The molecule has 0 radical (unpaired) electrons. The van der Waals surface area contributed by atoms with Gasteiger partial charge in [-0.2, -0.15) is 15.0 Å². The average molecular weight is 586 g/mol. The number of cyclic esters (lactones) is 1. The number of ether oxygens (including phenoxy) is 2. The summed E-state index contributed by atoms with van der Waals surface area (Å²) < 4.78 is 10.5. The van der Waals surface area contributed by atoms with Gasteiger partial charge in [0.25, 0.3) is 0 Å². The van der Waals surface area contributed by atoms with Crippen molar-refractivity contribution < 1.29 is 23.9 Å². The monoisotopic (exact) mass is 585 g/mol. The molecule has 6 bridgehead atoms. The number of nitrogens with zero attached hydrogens (tertiary/aromatic N) is 4. The van der Waals surface area contributed by atoms with Gasteiger partial charge >= 0.3 is 12.1 Å². The van der Waals surface area contributed by atoms with E-state index >= 15 is 0 Å². The molecule has 0 spiro atoms. The summed E-state index contributed by atoms with van der Waals surface area (Å²) in [6.07, 6.45) is 6.16. The molecule has 1 N–H and O–H groups in total. The van der Waals surface area contributed by atoms with Crippen LogP contribution < -0.4 is 5.32 Å². The molecule has 1 saturated heterocycles. The Bertz CT molecular complexity index is 1490. The van der Waals surface area contributed by atoms with E-state index in [0.29, 0.717) is 17.8 Å². The van der Waals surface area contributed by atoms with E-state index in [1.54, 1.807) is 4.80 Å². The third-order valence-electron chi connectivity index (χ3n) is 7.88. The summed E-state index contributed by atoms with van der Waals surface area (Å²) in [5.41, 5.74) is 3.64. The zero-order valence-electron chi connectivity index (χ0n) is 25.2. The molecule has 226 valence electrons. The fourth-order valence-electron chi connectivity index (χ4n) is 5.57. The van der Waals surface area contributed by atoms with Crippen LogP contribution in [0.3, 0.4) is 0 Å². The molecule has 1 aromatic heterocycles. The predicted molar refractivity (Wildman–Crippen MR) is 163 cm³/mol. The first-order chi connectivity index (χ1) is 20.7. The van der Waals surface area contributed by atoms with Crippen molar-refractivity contribution in [1.29, 1.82) is 0 Å². The van der Waals surface area contributed by atoms with Gasteiger partial charge in [-0.25, -0.2) is 9.59 Å². The van der Waals surface area contributed by atoms with Crippen molar-refractivity contribution in [2.24, 2.45) is 5.41 Å². The largest absolute Gasteiger partial charge is 0.467 e. The number of alkyl carbamates (subject to hydrolysis) is 1. The number of nitrogens with one attached hydrogen (secondary N) is 1. The van der Waals surface area contributed by atoms with Crippen molar-refractivity contribution in [3.8, 4) is 22.5 Å². The number of methoxy groups -OCH3 is 1. The number of esters is 1. The van der Waals surface area contributed by atoms with Crippen molar-refractivity contribution in [1.82, 2.24) is 25.2 Å². The molecule has 5 rings (SSSR count). The second kappa shape index (κ2) is 12.8. The zero-order valence-corrected chi connectivity index (χ0v) is 25.2. The molecule has 3 heterocycles. The summed E-state index contributed by atoms with van der Waals surface area (Å²) in [6, 6.07) is 15.8. The quantitative estimate of drug-likeness (QED) is 0.408. The van der Waals surface area contributed by atoms with Crippen LogP contribution >= 0.6 is 0 Å². The van der Waals surface area contributed by atoms with E-state index in [0.717, 1.165) is 29.5 Å². The predicted octanol–water partition coefficient (Wildman–Crippen LogP) is 5.27. The van der Waals surface area contributed by atoms with Crippen LogP contribution in [0, 0.1) is 5.41 Å². The van der Waals surface area contributed by atoms with Gasteiger partial charge in [-0.1, -0.05) is 81.5 Å². The highest BCUT2D eigenvalue weighted by molar-refractivity contribution is 5.91. The Balaban J connectivity index is 1.60. The zero-order chi connectivity index (χ0) is 30.6.